The highest BCUT2D eigenvalue weighted by Crippen LogP contribution is 2.24. The van der Waals surface area contributed by atoms with Gasteiger partial charge in [0, 0.05) is 25.5 Å². The van der Waals surface area contributed by atoms with Crippen molar-refractivity contribution in [3.63, 3.8) is 0 Å². The second-order valence-corrected chi connectivity index (χ2v) is 13.6. The average molecular weight is 575 g/mol. The van der Waals surface area contributed by atoms with E-state index in [0.717, 1.165) is 0 Å². The summed E-state index contributed by atoms with van der Waals surface area (Å²) in [7, 11) is 0. The van der Waals surface area contributed by atoms with E-state index in [9.17, 15) is 0 Å². The Kier molecular flexibility index (Phi) is 28.8. The van der Waals surface area contributed by atoms with E-state index in [4.69, 9.17) is 0 Å². The smallest absolute Gasteiger partial charge is 0.101 e. The molecule has 41 heavy (non-hydrogen) atoms. The highest BCUT2D eigenvalue weighted by Gasteiger charge is 2.24. The van der Waals surface area contributed by atoms with Crippen molar-refractivity contribution in [1.82, 2.24) is 9.80 Å². The van der Waals surface area contributed by atoms with Gasteiger partial charge in [0.15, 0.2) is 0 Å². The van der Waals surface area contributed by atoms with Crippen molar-refractivity contribution in [2.75, 3.05) is 13.1 Å². The second kappa shape index (κ2) is 30.8. The molecule has 0 aromatic carbocycles. The summed E-state index contributed by atoms with van der Waals surface area (Å²) in [6.45, 7) is 9.48. The molecular weight excluding hydrogens is 496 g/mol. The molecule has 0 N–H and O–H groups in total. The van der Waals surface area contributed by atoms with E-state index in [1.165, 1.54) is 212 Å². The van der Waals surface area contributed by atoms with Gasteiger partial charge in [-0.25, -0.2) is 0 Å². The lowest BCUT2D eigenvalue weighted by Crippen LogP contribution is -2.39. The van der Waals surface area contributed by atoms with Gasteiger partial charge in [0.2, 0.25) is 0 Å². The third-order valence-corrected chi connectivity index (χ3v) is 9.57. The van der Waals surface area contributed by atoms with Gasteiger partial charge in [0.25, 0.3) is 0 Å². The van der Waals surface area contributed by atoms with E-state index < -0.39 is 0 Å². The van der Waals surface area contributed by atoms with E-state index in [2.05, 4.69) is 43.0 Å². The first-order chi connectivity index (χ1) is 20.3. The Hall–Kier alpha value is -0.660. The van der Waals surface area contributed by atoms with Crippen LogP contribution >= 0.6 is 0 Å². The molecule has 244 valence electrons. The van der Waals surface area contributed by atoms with Gasteiger partial charge in [-0.3, -0.25) is 0 Å². The molecule has 1 rings (SSSR count). The van der Waals surface area contributed by atoms with E-state index in [1.54, 1.807) is 0 Å². The Bertz CT molecular complexity index is 530. The first-order valence-electron chi connectivity index (χ1n) is 19.5. The van der Waals surface area contributed by atoms with Crippen LogP contribution in [0.5, 0.6) is 0 Å². The van der Waals surface area contributed by atoms with E-state index >= 15 is 0 Å². The molecule has 2 heteroatoms. The van der Waals surface area contributed by atoms with Crippen molar-refractivity contribution >= 4 is 0 Å². The summed E-state index contributed by atoms with van der Waals surface area (Å²) < 4.78 is 0. The van der Waals surface area contributed by atoms with Gasteiger partial charge in [0.1, 0.15) is 6.17 Å². The number of rotatable bonds is 33. The third kappa shape index (κ3) is 23.5. The topological polar surface area (TPSA) is 6.48 Å². The van der Waals surface area contributed by atoms with E-state index in [0.29, 0.717) is 6.17 Å². The largest absolute Gasteiger partial charge is 0.356 e. The number of unbranched alkanes of at least 4 members (excludes halogenated alkanes) is 27. The van der Waals surface area contributed by atoms with Gasteiger partial charge >= 0.3 is 0 Å². The predicted octanol–water partition coefficient (Wildman–Crippen LogP) is 13.6. The van der Waals surface area contributed by atoms with Crippen molar-refractivity contribution < 1.29 is 0 Å². The molecule has 0 amide bonds. The fraction of sp³-hybridized carbons (Fsp3) is 0.949. The predicted molar refractivity (Wildman–Crippen MR) is 186 cm³/mol. The van der Waals surface area contributed by atoms with Gasteiger partial charge in [-0.1, -0.05) is 194 Å². The molecule has 2 nitrogen and oxygen atoms in total. The monoisotopic (exact) mass is 575 g/mol. The summed E-state index contributed by atoms with van der Waals surface area (Å²) in [6, 6.07) is 0. The van der Waals surface area contributed by atoms with Crippen LogP contribution in [0.3, 0.4) is 0 Å². The molecule has 0 saturated heterocycles. The van der Waals surface area contributed by atoms with Crippen LogP contribution in [0.15, 0.2) is 12.4 Å². The van der Waals surface area contributed by atoms with Gasteiger partial charge in [-0.05, 0) is 25.7 Å². The molecular formula is C39H78N2. The zero-order valence-electron chi connectivity index (χ0n) is 29.0. The van der Waals surface area contributed by atoms with Crippen molar-refractivity contribution in [2.24, 2.45) is 0 Å². The summed E-state index contributed by atoms with van der Waals surface area (Å²) >= 11 is 0. The average Bonchev–Trinajstić information content (AvgIpc) is 3.37. The van der Waals surface area contributed by atoms with Gasteiger partial charge in [-0.2, -0.15) is 0 Å². The van der Waals surface area contributed by atoms with Crippen LogP contribution in [0, 0.1) is 0 Å². The summed E-state index contributed by atoms with van der Waals surface area (Å²) in [5, 5.41) is 0. The van der Waals surface area contributed by atoms with E-state index in [-0.39, 0.29) is 0 Å². The zero-order chi connectivity index (χ0) is 29.5. The van der Waals surface area contributed by atoms with Crippen LogP contribution in [0.4, 0.5) is 0 Å². The van der Waals surface area contributed by atoms with Gasteiger partial charge in [0.05, 0.1) is 0 Å². The maximum absolute atomic E-state index is 2.71. The van der Waals surface area contributed by atoms with Crippen molar-refractivity contribution in [3.05, 3.63) is 12.4 Å². The number of hydrogen-bond acceptors (Lipinski definition) is 2. The molecule has 1 heterocycles. The Morgan fingerprint density at radius 1 is 0.317 bits per heavy atom. The van der Waals surface area contributed by atoms with Crippen LogP contribution in [0.2, 0.25) is 0 Å². The van der Waals surface area contributed by atoms with Crippen LogP contribution in [0.1, 0.15) is 220 Å². The molecule has 1 aliphatic heterocycles. The lowest BCUT2D eigenvalue weighted by Gasteiger charge is -2.33. The molecule has 1 aliphatic rings. The molecule has 0 radical (unpaired) electrons. The van der Waals surface area contributed by atoms with Crippen molar-refractivity contribution in [2.45, 2.75) is 226 Å². The van der Waals surface area contributed by atoms with Crippen molar-refractivity contribution in [3.8, 4) is 0 Å². The highest BCUT2D eigenvalue weighted by molar-refractivity contribution is 4.97. The second-order valence-electron chi connectivity index (χ2n) is 13.6. The first-order valence-corrected chi connectivity index (χ1v) is 19.5. The van der Waals surface area contributed by atoms with Gasteiger partial charge < -0.3 is 9.80 Å². The molecule has 0 aromatic heterocycles. The zero-order valence-corrected chi connectivity index (χ0v) is 29.0. The summed E-state index contributed by atoms with van der Waals surface area (Å²) in [5.74, 6) is 0. The molecule has 1 atom stereocenters. The number of hydrogen-bond donors (Lipinski definition) is 0. The minimum Gasteiger partial charge on any atom is -0.356 e. The molecule has 0 aromatic rings. The quantitative estimate of drug-likeness (QED) is 0.0719. The minimum atomic E-state index is 0.640. The SMILES string of the molecule is CCCCCCCCCCCCCCN1C=CN(CCCCCCCCCCCCC)C1CCCCCCCCC. The maximum atomic E-state index is 2.71. The maximum Gasteiger partial charge on any atom is 0.101 e. The van der Waals surface area contributed by atoms with Gasteiger partial charge in [-0.15, -0.1) is 0 Å². The Morgan fingerprint density at radius 2 is 0.561 bits per heavy atom. The Balaban J connectivity index is 2.20. The van der Waals surface area contributed by atoms with Crippen LogP contribution in [-0.2, 0) is 0 Å². The highest BCUT2D eigenvalue weighted by atomic mass is 15.4. The molecule has 1 unspecified atom stereocenters. The Morgan fingerprint density at radius 3 is 0.854 bits per heavy atom. The summed E-state index contributed by atoms with van der Waals surface area (Å²) in [6.07, 6.45) is 49.9. The summed E-state index contributed by atoms with van der Waals surface area (Å²) in [4.78, 5) is 5.43. The standard InChI is InChI=1S/C39H78N2/c1-4-7-10-13-16-18-20-22-24-27-30-33-36-41-38-37-40(39(41)34-31-28-25-15-12-9-6-3)35-32-29-26-23-21-19-17-14-11-8-5-2/h37-39H,4-36H2,1-3H3. The normalized spacial score (nSPS) is 15.0. The molecule has 0 fully saturated rings. The lowest BCUT2D eigenvalue weighted by atomic mass is 10.0. The summed E-state index contributed by atoms with van der Waals surface area (Å²) in [5.41, 5.74) is 0. The molecule has 0 saturated carbocycles. The minimum absolute atomic E-state index is 0.640. The fourth-order valence-electron chi connectivity index (χ4n) is 6.72. The molecule has 0 bridgehead atoms. The molecule has 0 aliphatic carbocycles. The number of nitrogens with zero attached hydrogens (tertiary/aromatic N) is 2. The lowest BCUT2D eigenvalue weighted by molar-refractivity contribution is 0.135. The van der Waals surface area contributed by atoms with Crippen molar-refractivity contribution in [1.29, 1.82) is 0 Å². The van der Waals surface area contributed by atoms with E-state index in [1.807, 2.05) is 0 Å². The third-order valence-electron chi connectivity index (χ3n) is 9.57. The van der Waals surface area contributed by atoms with Crippen LogP contribution < -0.4 is 0 Å². The first kappa shape index (κ1) is 38.4. The fourth-order valence-corrected chi connectivity index (χ4v) is 6.72. The molecule has 0 spiro atoms. The Labute approximate surface area is 260 Å². The van der Waals surface area contributed by atoms with Crippen LogP contribution in [0.25, 0.3) is 0 Å². The van der Waals surface area contributed by atoms with Crippen LogP contribution in [-0.4, -0.2) is 29.1 Å².